The van der Waals surface area contributed by atoms with Gasteiger partial charge in [-0.2, -0.15) is 0 Å². The van der Waals surface area contributed by atoms with Gasteiger partial charge in [0.2, 0.25) is 5.78 Å². The number of Topliss-reactive ketones (excluding diaryl/α,β-unsaturated/α-hetero) is 1. The first-order valence-corrected chi connectivity index (χ1v) is 7.67. The Hall–Kier alpha value is -3.20. The number of carbonyl (C=O) groups is 2. The second kappa shape index (κ2) is 8.26. The lowest BCUT2D eigenvalue weighted by atomic mass is 10.2. The monoisotopic (exact) mass is 361 g/mol. The molecule has 2 aromatic rings. The number of methoxy groups -OCH3 is 1. The third-order valence-electron chi connectivity index (χ3n) is 3.67. The number of carbonyl (C=O) groups excluding carboxylic acids is 2. The molecular weight excluding hydrogens is 342 g/mol. The number of nitrogen functional groups attached to an aromatic ring is 1. The van der Waals surface area contributed by atoms with Crippen molar-refractivity contribution in [3.05, 3.63) is 62.3 Å². The van der Waals surface area contributed by atoms with E-state index >= 15 is 0 Å². The summed E-state index contributed by atoms with van der Waals surface area (Å²) in [4.78, 5) is 48.3. The summed E-state index contributed by atoms with van der Waals surface area (Å²) in [7, 11) is 2.55. The van der Waals surface area contributed by atoms with Gasteiger partial charge in [-0.3, -0.25) is 18.7 Å². The molecule has 1 aromatic carbocycles. The summed E-state index contributed by atoms with van der Waals surface area (Å²) in [5.41, 5.74) is 4.81. The van der Waals surface area contributed by atoms with Crippen molar-refractivity contribution < 1.29 is 19.1 Å². The van der Waals surface area contributed by atoms with Gasteiger partial charge in [-0.25, -0.2) is 9.59 Å². The number of anilines is 1. The number of nitrogens with zero attached hydrogens (tertiary/aromatic N) is 2. The molecule has 2 N–H and O–H groups in total. The molecule has 0 saturated heterocycles. The molecule has 1 heterocycles. The molecule has 0 bridgehead atoms. The smallest absolute Gasteiger partial charge is 0.332 e. The van der Waals surface area contributed by atoms with Gasteiger partial charge in [0.15, 0.2) is 6.61 Å². The number of ketones is 1. The van der Waals surface area contributed by atoms with Crippen LogP contribution >= 0.6 is 0 Å². The number of hydrogen-bond acceptors (Lipinski definition) is 7. The Morgan fingerprint density at radius 1 is 1.12 bits per heavy atom. The minimum absolute atomic E-state index is 0.0867. The van der Waals surface area contributed by atoms with Gasteiger partial charge in [0.1, 0.15) is 18.0 Å². The highest BCUT2D eigenvalue weighted by atomic mass is 16.6. The Kier molecular flexibility index (Phi) is 6.07. The van der Waals surface area contributed by atoms with E-state index in [9.17, 15) is 19.2 Å². The van der Waals surface area contributed by atoms with Crippen LogP contribution in [0.4, 0.5) is 5.82 Å². The molecule has 0 aliphatic rings. The molecule has 1 aromatic heterocycles. The van der Waals surface area contributed by atoms with Crippen molar-refractivity contribution >= 4 is 17.6 Å². The van der Waals surface area contributed by atoms with Crippen LogP contribution in [0.2, 0.25) is 0 Å². The van der Waals surface area contributed by atoms with Crippen LogP contribution in [0.5, 0.6) is 0 Å². The Morgan fingerprint density at radius 3 is 2.38 bits per heavy atom. The first-order valence-electron chi connectivity index (χ1n) is 7.67. The highest BCUT2D eigenvalue weighted by Crippen LogP contribution is 2.09. The maximum absolute atomic E-state index is 12.4. The Morgan fingerprint density at radius 2 is 1.77 bits per heavy atom. The van der Waals surface area contributed by atoms with Gasteiger partial charge in [-0.05, 0) is 5.56 Å². The lowest BCUT2D eigenvalue weighted by Crippen LogP contribution is -2.43. The molecule has 0 amide bonds. The number of ether oxygens (including phenoxy) is 2. The Bertz CT molecular complexity index is 930. The van der Waals surface area contributed by atoms with Gasteiger partial charge in [-0.15, -0.1) is 0 Å². The van der Waals surface area contributed by atoms with Gasteiger partial charge in [0.05, 0.1) is 6.54 Å². The van der Waals surface area contributed by atoms with Crippen LogP contribution in [-0.4, -0.2) is 41.2 Å². The molecule has 0 atom stereocenters. The molecular formula is C17H19N3O6. The third-order valence-corrected chi connectivity index (χ3v) is 3.67. The van der Waals surface area contributed by atoms with Crippen LogP contribution in [0.1, 0.15) is 15.9 Å². The quantitative estimate of drug-likeness (QED) is 0.523. The van der Waals surface area contributed by atoms with Crippen molar-refractivity contribution in [3.63, 3.8) is 0 Å². The molecule has 138 valence electrons. The lowest BCUT2D eigenvalue weighted by molar-refractivity contribution is -0.146. The van der Waals surface area contributed by atoms with Gasteiger partial charge < -0.3 is 15.2 Å². The summed E-state index contributed by atoms with van der Waals surface area (Å²) in [6.07, 6.45) is 0. The van der Waals surface area contributed by atoms with Crippen molar-refractivity contribution in [2.45, 2.75) is 6.54 Å². The average Bonchev–Trinajstić information content (AvgIpc) is 2.63. The van der Waals surface area contributed by atoms with E-state index in [1.165, 1.54) is 14.2 Å². The van der Waals surface area contributed by atoms with Gasteiger partial charge in [-0.1, -0.05) is 30.3 Å². The second-order valence-electron chi connectivity index (χ2n) is 5.50. The Balaban J connectivity index is 2.40. The second-order valence-corrected chi connectivity index (χ2v) is 5.50. The summed E-state index contributed by atoms with van der Waals surface area (Å²) in [5, 5.41) is 0. The van der Waals surface area contributed by atoms with Gasteiger partial charge >= 0.3 is 11.7 Å². The molecule has 9 heteroatoms. The fourth-order valence-electron chi connectivity index (χ4n) is 2.34. The van der Waals surface area contributed by atoms with E-state index in [-0.39, 0.29) is 19.0 Å². The van der Waals surface area contributed by atoms with Crippen LogP contribution in [0, 0.1) is 0 Å². The van der Waals surface area contributed by atoms with Crippen molar-refractivity contribution in [1.82, 2.24) is 9.13 Å². The van der Waals surface area contributed by atoms with E-state index < -0.39 is 35.2 Å². The number of benzene rings is 1. The van der Waals surface area contributed by atoms with Crippen molar-refractivity contribution in [2.75, 3.05) is 26.1 Å². The summed E-state index contributed by atoms with van der Waals surface area (Å²) < 4.78 is 11.2. The summed E-state index contributed by atoms with van der Waals surface area (Å²) in [5.74, 6) is -1.82. The zero-order chi connectivity index (χ0) is 19.3. The zero-order valence-electron chi connectivity index (χ0n) is 14.4. The van der Waals surface area contributed by atoms with E-state index in [1.54, 1.807) is 24.3 Å². The fourth-order valence-corrected chi connectivity index (χ4v) is 2.34. The van der Waals surface area contributed by atoms with E-state index in [2.05, 4.69) is 4.74 Å². The summed E-state index contributed by atoms with van der Waals surface area (Å²) >= 11 is 0. The van der Waals surface area contributed by atoms with E-state index in [0.29, 0.717) is 0 Å². The minimum Gasteiger partial charge on any atom is -0.456 e. The predicted molar refractivity (Wildman–Crippen MR) is 93.1 cm³/mol. The largest absolute Gasteiger partial charge is 0.456 e. The molecule has 0 aliphatic heterocycles. The summed E-state index contributed by atoms with van der Waals surface area (Å²) in [6.45, 7) is -0.914. The molecule has 0 radical (unpaired) electrons. The highest BCUT2D eigenvalue weighted by Gasteiger charge is 2.22. The van der Waals surface area contributed by atoms with Crippen LogP contribution in [-0.2, 0) is 27.9 Å². The van der Waals surface area contributed by atoms with Crippen molar-refractivity contribution in [1.29, 1.82) is 0 Å². The van der Waals surface area contributed by atoms with Crippen molar-refractivity contribution in [2.24, 2.45) is 7.05 Å². The van der Waals surface area contributed by atoms with Gasteiger partial charge in [0.25, 0.3) is 5.56 Å². The molecule has 0 fully saturated rings. The van der Waals surface area contributed by atoms with Crippen LogP contribution in [0.25, 0.3) is 0 Å². The summed E-state index contributed by atoms with van der Waals surface area (Å²) in [6, 6.07) is 8.97. The maximum atomic E-state index is 12.4. The average molecular weight is 361 g/mol. The first kappa shape index (κ1) is 19.1. The highest BCUT2D eigenvalue weighted by molar-refractivity contribution is 6.01. The fraction of sp³-hybridized carbons (Fsp3) is 0.294. The normalized spacial score (nSPS) is 10.5. The number of nitrogens with two attached hydrogens (primary N) is 1. The first-order chi connectivity index (χ1) is 12.4. The van der Waals surface area contributed by atoms with Crippen LogP contribution in [0.3, 0.4) is 0 Å². The number of esters is 1. The van der Waals surface area contributed by atoms with Gasteiger partial charge in [0, 0.05) is 14.2 Å². The number of rotatable bonds is 7. The molecule has 0 saturated carbocycles. The maximum Gasteiger partial charge on any atom is 0.332 e. The lowest BCUT2D eigenvalue weighted by Gasteiger charge is -2.14. The Labute approximate surface area is 148 Å². The topological polar surface area (TPSA) is 123 Å². The van der Waals surface area contributed by atoms with Crippen LogP contribution in [0.15, 0.2) is 39.9 Å². The number of hydrogen-bond donors (Lipinski definition) is 1. The third kappa shape index (κ3) is 4.06. The SMILES string of the molecule is COCC(=O)OCC(=O)c1c(N)n(Cc2ccccc2)c(=O)n(C)c1=O. The molecule has 0 aliphatic carbocycles. The van der Waals surface area contributed by atoms with E-state index in [4.69, 9.17) is 10.5 Å². The van der Waals surface area contributed by atoms with Crippen molar-refractivity contribution in [3.8, 4) is 0 Å². The van der Waals surface area contributed by atoms with E-state index in [0.717, 1.165) is 14.7 Å². The van der Waals surface area contributed by atoms with E-state index in [1.807, 2.05) is 6.07 Å². The number of aromatic nitrogens is 2. The molecule has 2 rings (SSSR count). The zero-order valence-corrected chi connectivity index (χ0v) is 14.4. The molecule has 0 spiro atoms. The molecule has 26 heavy (non-hydrogen) atoms. The minimum atomic E-state index is -0.843. The molecule has 9 nitrogen and oxygen atoms in total. The predicted octanol–water partition coefficient (Wildman–Crippen LogP) is -0.450. The molecule has 0 unspecified atom stereocenters. The van der Waals surface area contributed by atoms with Crippen LogP contribution < -0.4 is 17.0 Å². The standard InChI is InChI=1S/C17H19N3O6/c1-19-16(23)14(12(21)9-26-13(22)10-25-2)15(18)20(17(19)24)8-11-6-4-3-5-7-11/h3-7H,8-10,18H2,1-2H3.